The van der Waals surface area contributed by atoms with E-state index in [-0.39, 0.29) is 18.2 Å². The molecule has 2 heterocycles. The molecule has 0 saturated heterocycles. The van der Waals surface area contributed by atoms with Gasteiger partial charge in [0.1, 0.15) is 24.7 Å². The van der Waals surface area contributed by atoms with Crippen molar-refractivity contribution < 1.29 is 29.1 Å². The summed E-state index contributed by atoms with van der Waals surface area (Å²) in [5.41, 5.74) is 11.2. The molecule has 380 valence electrons. The second-order valence-corrected chi connectivity index (χ2v) is 18.2. The van der Waals surface area contributed by atoms with Crippen molar-refractivity contribution in [3.63, 3.8) is 0 Å². The fourth-order valence-electron chi connectivity index (χ4n) is 7.70. The van der Waals surface area contributed by atoms with Crippen LogP contribution in [0.4, 0.5) is 11.4 Å². The number of ether oxygens (including phenoxy) is 2. The van der Waals surface area contributed by atoms with Crippen molar-refractivity contribution in [3.8, 4) is 45.4 Å². The van der Waals surface area contributed by atoms with Gasteiger partial charge in [0.15, 0.2) is 0 Å². The molecule has 0 atom stereocenters. The Morgan fingerprint density at radius 1 is 0.513 bits per heavy atom. The number of carbonyl (C=O) groups excluding carboxylic acids is 2. The third-order valence-electron chi connectivity index (χ3n) is 11.6. The third-order valence-corrected chi connectivity index (χ3v) is 12.1. The van der Waals surface area contributed by atoms with E-state index in [1.54, 1.807) is 24.3 Å². The monoisotopic (exact) mass is 1070 g/mol. The number of carbonyl (C=O) groups is 2. The molecule has 76 heavy (non-hydrogen) atoms. The summed E-state index contributed by atoms with van der Waals surface area (Å²) in [4.78, 5) is 25.4. The van der Waals surface area contributed by atoms with Gasteiger partial charge < -0.3 is 30.2 Å². The zero-order chi connectivity index (χ0) is 53.1. The minimum atomic E-state index is -1.54. The van der Waals surface area contributed by atoms with E-state index in [0.717, 1.165) is 49.0 Å². The van der Waals surface area contributed by atoms with Crippen molar-refractivity contribution in [1.82, 2.24) is 41.2 Å². The fraction of sp³-hybridized carbons (Fsp3) is 0.103. The molecule has 10 rings (SSSR count). The number of hydrogen-bond donors (Lipinski definition) is 6. The predicted molar refractivity (Wildman–Crippen MR) is 297 cm³/mol. The summed E-state index contributed by atoms with van der Waals surface area (Å²) in [7, 11) is -1.54. The average Bonchev–Trinajstić information content (AvgIpc) is 4.20. The van der Waals surface area contributed by atoms with Gasteiger partial charge in [0.2, 0.25) is 23.5 Å². The molecule has 16 nitrogen and oxygen atoms in total. The van der Waals surface area contributed by atoms with Gasteiger partial charge in [-0.25, -0.2) is 0 Å². The van der Waals surface area contributed by atoms with Crippen LogP contribution in [0.25, 0.3) is 33.9 Å². The number of aromatic amines is 2. The summed E-state index contributed by atoms with van der Waals surface area (Å²) >= 11 is 3.45. The molecule has 2 amide bonds. The van der Waals surface area contributed by atoms with Crippen LogP contribution in [0.3, 0.4) is 0 Å². The van der Waals surface area contributed by atoms with Gasteiger partial charge in [-0.05, 0) is 93.4 Å². The van der Waals surface area contributed by atoms with E-state index in [0.29, 0.717) is 65.2 Å². The average molecular weight is 1080 g/mol. The molecule has 6 N–H and O–H groups in total. The smallest absolute Gasteiger partial charge is 0.487 e. The summed E-state index contributed by atoms with van der Waals surface area (Å²) in [5, 5.41) is 51.8. The minimum Gasteiger partial charge on any atom is -0.487 e. The first-order chi connectivity index (χ1) is 37.0. The molecule has 0 aliphatic rings. The fourth-order valence-corrected chi connectivity index (χ4v) is 8.06. The predicted octanol–water partition coefficient (Wildman–Crippen LogP) is 9.67. The standard InChI is InChI=1S/C29H25N5O2.C22H20BrNO2.C7H7BN4O2/c1-20-11-13-21(14-12-20)17-28(35)30-26-18-23(15-16-27(26)36-19-22-7-3-2-4-8-22)24-9-5-6-10-25(24)29-31-33-34-32-29;1-16-7-9-17(10-8-16)13-22(25)24-20-14-19(23)11-12-21(20)26-15-18-5-3-2-4-6-18;13-8(14)6-4-2-1-3-5(6)7-9-11-12-10-7/h2-16,18H,17,19H2,1H3,(H,30,35)(H,31,32,33,34);2-12,14H,13,15H2,1H3,(H,24,25);1-4,13-14H,(H,9,10,11,12). The highest BCUT2D eigenvalue weighted by Crippen LogP contribution is 2.36. The number of H-pyrrole nitrogens is 2. The van der Waals surface area contributed by atoms with Crippen molar-refractivity contribution >= 4 is 51.7 Å². The van der Waals surface area contributed by atoms with Gasteiger partial charge in [-0.15, -0.1) is 20.4 Å². The Morgan fingerprint density at radius 3 is 1.46 bits per heavy atom. The number of aromatic nitrogens is 8. The molecular weight excluding hydrogens is 1020 g/mol. The van der Waals surface area contributed by atoms with Gasteiger partial charge in [0.05, 0.1) is 24.2 Å². The van der Waals surface area contributed by atoms with Crippen LogP contribution in [-0.2, 0) is 35.6 Å². The van der Waals surface area contributed by atoms with Crippen molar-refractivity contribution in [2.24, 2.45) is 0 Å². The zero-order valence-corrected chi connectivity index (χ0v) is 43.1. The van der Waals surface area contributed by atoms with Crippen molar-refractivity contribution in [3.05, 3.63) is 232 Å². The highest BCUT2D eigenvalue weighted by molar-refractivity contribution is 9.10. The molecule has 10 aromatic rings. The van der Waals surface area contributed by atoms with E-state index in [2.05, 4.69) is 67.8 Å². The molecular formula is C58H52BBrN10O6. The minimum absolute atomic E-state index is 0.0727. The lowest BCUT2D eigenvalue weighted by molar-refractivity contribution is -0.116. The molecule has 8 aromatic carbocycles. The maximum Gasteiger partial charge on any atom is 0.489 e. The molecule has 0 radical (unpaired) electrons. The van der Waals surface area contributed by atoms with E-state index < -0.39 is 7.12 Å². The molecule has 0 fully saturated rings. The lowest BCUT2D eigenvalue weighted by Gasteiger charge is -2.16. The summed E-state index contributed by atoms with van der Waals surface area (Å²) in [6, 6.07) is 61.7. The van der Waals surface area contributed by atoms with Crippen molar-refractivity contribution in [2.45, 2.75) is 39.9 Å². The largest absolute Gasteiger partial charge is 0.489 e. The zero-order valence-electron chi connectivity index (χ0n) is 41.5. The van der Waals surface area contributed by atoms with Crippen molar-refractivity contribution in [1.29, 1.82) is 0 Å². The Morgan fingerprint density at radius 2 is 0.961 bits per heavy atom. The van der Waals surface area contributed by atoms with E-state index in [1.807, 2.05) is 184 Å². The summed E-state index contributed by atoms with van der Waals surface area (Å²) in [6.07, 6.45) is 0.590. The SMILES string of the molecule is Cc1ccc(CC(=O)Nc2cc(-c3ccccc3-c3nn[nH]n3)ccc2OCc2ccccc2)cc1.Cc1ccc(CC(=O)Nc2cc(Br)ccc2OCc2ccccc2)cc1.OB(O)c1ccccc1-c1nn[nH]n1. The Labute approximate surface area is 447 Å². The van der Waals surface area contributed by atoms with Crippen LogP contribution in [-0.4, -0.2) is 70.2 Å². The van der Waals surface area contributed by atoms with Gasteiger partial charge >= 0.3 is 7.12 Å². The number of nitrogens with one attached hydrogen (secondary N) is 4. The normalized spacial score (nSPS) is 10.5. The van der Waals surface area contributed by atoms with E-state index >= 15 is 0 Å². The van der Waals surface area contributed by atoms with Crippen LogP contribution in [0, 0.1) is 13.8 Å². The Bertz CT molecular complexity index is 3430. The number of aryl methyl sites for hydroxylation is 2. The van der Waals surface area contributed by atoms with E-state index in [9.17, 15) is 9.59 Å². The number of tetrazole rings is 2. The maximum absolute atomic E-state index is 13.0. The number of benzene rings is 8. The first kappa shape index (κ1) is 53.2. The van der Waals surface area contributed by atoms with Crippen LogP contribution in [0.2, 0.25) is 0 Å². The number of halogens is 1. The van der Waals surface area contributed by atoms with Crippen LogP contribution in [0.1, 0.15) is 33.4 Å². The van der Waals surface area contributed by atoms with Crippen molar-refractivity contribution in [2.75, 3.05) is 10.6 Å². The van der Waals surface area contributed by atoms with Gasteiger partial charge in [-0.1, -0.05) is 191 Å². The van der Waals surface area contributed by atoms with E-state index in [4.69, 9.17) is 19.5 Å². The topological polar surface area (TPSA) is 226 Å². The summed E-state index contributed by atoms with van der Waals surface area (Å²) in [5.74, 6) is 1.89. The first-order valence-electron chi connectivity index (χ1n) is 24.0. The molecule has 0 aliphatic heterocycles. The lowest BCUT2D eigenvalue weighted by atomic mass is 9.77. The van der Waals surface area contributed by atoms with E-state index in [1.165, 1.54) is 5.56 Å². The van der Waals surface area contributed by atoms with Gasteiger partial charge in [0, 0.05) is 15.6 Å². The Balaban J connectivity index is 0.000000166. The molecule has 0 spiro atoms. The molecule has 0 aliphatic carbocycles. The van der Waals surface area contributed by atoms with Crippen LogP contribution >= 0.6 is 15.9 Å². The molecule has 18 heteroatoms. The number of amides is 2. The van der Waals surface area contributed by atoms with Crippen LogP contribution < -0.4 is 25.6 Å². The number of anilines is 2. The Hall–Kier alpha value is -9.10. The third kappa shape index (κ3) is 15.5. The van der Waals surface area contributed by atoms with Crippen LogP contribution in [0.5, 0.6) is 11.5 Å². The lowest BCUT2D eigenvalue weighted by Crippen LogP contribution is -2.31. The highest BCUT2D eigenvalue weighted by Gasteiger charge is 2.19. The summed E-state index contributed by atoms with van der Waals surface area (Å²) in [6.45, 7) is 4.89. The van der Waals surface area contributed by atoms with Gasteiger partial charge in [-0.2, -0.15) is 10.4 Å². The number of hydrogen-bond acceptors (Lipinski definition) is 12. The second kappa shape index (κ2) is 26.7. The molecule has 0 unspecified atom stereocenters. The number of rotatable bonds is 16. The highest BCUT2D eigenvalue weighted by atomic mass is 79.9. The molecule has 0 bridgehead atoms. The quantitative estimate of drug-likeness (QED) is 0.0498. The van der Waals surface area contributed by atoms with Crippen LogP contribution in [0.15, 0.2) is 199 Å². The first-order valence-corrected chi connectivity index (χ1v) is 24.8. The van der Waals surface area contributed by atoms with Gasteiger partial charge in [-0.3, -0.25) is 9.59 Å². The summed E-state index contributed by atoms with van der Waals surface area (Å²) < 4.78 is 12.9. The second-order valence-electron chi connectivity index (χ2n) is 17.3. The maximum atomic E-state index is 13.0. The Kier molecular flexibility index (Phi) is 18.7. The number of nitrogens with zero attached hydrogens (tertiary/aromatic N) is 6. The molecule has 0 saturated carbocycles. The molecule has 2 aromatic heterocycles. The van der Waals surface area contributed by atoms with Gasteiger partial charge in [0.25, 0.3) is 0 Å².